The number of nitrogens with zero attached hydrogens (tertiary/aromatic N) is 2. The summed E-state index contributed by atoms with van der Waals surface area (Å²) in [6.45, 7) is 1.81. The number of para-hydroxylation sites is 3. The van der Waals surface area contributed by atoms with Crippen LogP contribution in [0.3, 0.4) is 0 Å². The van der Waals surface area contributed by atoms with Crippen molar-refractivity contribution in [2.24, 2.45) is 0 Å². The Labute approximate surface area is 145 Å². The van der Waals surface area contributed by atoms with Gasteiger partial charge in [-0.1, -0.05) is 30.3 Å². The minimum atomic E-state index is -0.292. The lowest BCUT2D eigenvalue weighted by atomic mass is 10.2. The number of carbonyl (C=O) groups excluding carboxylic acids is 1. The van der Waals surface area contributed by atoms with Crippen LogP contribution in [0.1, 0.15) is 16.2 Å². The first kappa shape index (κ1) is 16.4. The van der Waals surface area contributed by atoms with E-state index in [1.165, 1.54) is 0 Å². The van der Waals surface area contributed by atoms with Crippen LogP contribution in [0, 0.1) is 6.92 Å². The monoisotopic (exact) mass is 334 g/mol. The van der Waals surface area contributed by atoms with Gasteiger partial charge in [-0.05, 0) is 37.3 Å². The van der Waals surface area contributed by atoms with Crippen molar-refractivity contribution >= 4 is 23.2 Å². The summed E-state index contributed by atoms with van der Waals surface area (Å²) in [4.78, 5) is 21.1. The third-order valence-corrected chi connectivity index (χ3v) is 3.47. The predicted octanol–water partition coefficient (Wildman–Crippen LogP) is 3.79. The van der Waals surface area contributed by atoms with Crippen LogP contribution in [0.4, 0.5) is 17.3 Å². The average Bonchev–Trinajstić information content (AvgIpc) is 2.62. The van der Waals surface area contributed by atoms with Crippen molar-refractivity contribution in [3.05, 3.63) is 72.1 Å². The van der Waals surface area contributed by atoms with E-state index in [2.05, 4.69) is 20.6 Å². The molecule has 1 amide bonds. The molecule has 3 aromatic rings. The molecule has 0 aliphatic rings. The van der Waals surface area contributed by atoms with Gasteiger partial charge in [-0.3, -0.25) is 4.79 Å². The zero-order valence-electron chi connectivity index (χ0n) is 14.0. The van der Waals surface area contributed by atoms with Crippen molar-refractivity contribution in [3.63, 3.8) is 0 Å². The summed E-state index contributed by atoms with van der Waals surface area (Å²) in [5.74, 6) is 0.713. The van der Waals surface area contributed by atoms with Gasteiger partial charge in [0.2, 0.25) is 5.95 Å². The van der Waals surface area contributed by atoms with Crippen LogP contribution in [-0.4, -0.2) is 23.0 Å². The smallest absolute Gasteiger partial charge is 0.274 e. The molecule has 2 N–H and O–H groups in total. The lowest BCUT2D eigenvalue weighted by Gasteiger charge is -2.11. The standard InChI is InChI=1S/C19H18N4O2/c1-13-12-16(18(24)21-14-8-4-3-5-9-14)23-19(20-13)22-15-10-6-7-11-17(15)25-2/h3-12H,1-2H3,(H,21,24)(H,20,22,23). The second-order valence-corrected chi connectivity index (χ2v) is 5.36. The number of ether oxygens (including phenoxy) is 1. The Morgan fingerprint density at radius 1 is 1.00 bits per heavy atom. The van der Waals surface area contributed by atoms with Crippen molar-refractivity contribution in [2.45, 2.75) is 6.92 Å². The van der Waals surface area contributed by atoms with Gasteiger partial charge in [0.25, 0.3) is 5.91 Å². The lowest BCUT2D eigenvalue weighted by Crippen LogP contribution is -2.15. The maximum atomic E-state index is 12.4. The first-order chi connectivity index (χ1) is 12.2. The summed E-state index contributed by atoms with van der Waals surface area (Å²) >= 11 is 0. The number of methoxy groups -OCH3 is 1. The number of amides is 1. The Hall–Kier alpha value is -3.41. The molecule has 0 saturated heterocycles. The van der Waals surface area contributed by atoms with Crippen molar-refractivity contribution in [2.75, 3.05) is 17.7 Å². The molecule has 0 saturated carbocycles. The van der Waals surface area contributed by atoms with Gasteiger partial charge in [-0.2, -0.15) is 0 Å². The third kappa shape index (κ3) is 4.11. The van der Waals surface area contributed by atoms with Gasteiger partial charge in [0.15, 0.2) is 0 Å². The maximum absolute atomic E-state index is 12.4. The Balaban J connectivity index is 1.84. The highest BCUT2D eigenvalue weighted by atomic mass is 16.5. The van der Waals surface area contributed by atoms with E-state index in [-0.39, 0.29) is 11.6 Å². The third-order valence-electron chi connectivity index (χ3n) is 3.47. The van der Waals surface area contributed by atoms with Crippen LogP contribution >= 0.6 is 0 Å². The summed E-state index contributed by atoms with van der Waals surface area (Å²) < 4.78 is 5.31. The molecule has 6 heteroatoms. The van der Waals surface area contributed by atoms with Crippen molar-refractivity contribution in [1.29, 1.82) is 0 Å². The van der Waals surface area contributed by atoms with Gasteiger partial charge in [-0.25, -0.2) is 9.97 Å². The molecule has 0 fully saturated rings. The molecular formula is C19H18N4O2. The predicted molar refractivity (Wildman–Crippen MR) is 97.4 cm³/mol. The highest BCUT2D eigenvalue weighted by Crippen LogP contribution is 2.25. The molecule has 0 aliphatic carbocycles. The van der Waals surface area contributed by atoms with Gasteiger partial charge in [-0.15, -0.1) is 0 Å². The summed E-state index contributed by atoms with van der Waals surface area (Å²) in [5, 5.41) is 5.91. The maximum Gasteiger partial charge on any atom is 0.274 e. The molecule has 126 valence electrons. The number of carbonyl (C=O) groups is 1. The Bertz CT molecular complexity index is 882. The van der Waals surface area contributed by atoms with E-state index < -0.39 is 0 Å². The molecule has 3 rings (SSSR count). The van der Waals surface area contributed by atoms with Crippen LogP contribution in [0.15, 0.2) is 60.7 Å². The van der Waals surface area contributed by atoms with E-state index in [0.29, 0.717) is 23.1 Å². The molecule has 25 heavy (non-hydrogen) atoms. The Morgan fingerprint density at radius 2 is 1.72 bits per heavy atom. The van der Waals surface area contributed by atoms with E-state index in [9.17, 15) is 4.79 Å². The molecule has 0 unspecified atom stereocenters. The zero-order valence-corrected chi connectivity index (χ0v) is 14.0. The molecule has 0 radical (unpaired) electrons. The van der Waals surface area contributed by atoms with Gasteiger partial charge < -0.3 is 15.4 Å². The first-order valence-corrected chi connectivity index (χ1v) is 7.78. The summed E-state index contributed by atoms with van der Waals surface area (Å²) in [6, 6.07) is 18.3. The fourth-order valence-electron chi connectivity index (χ4n) is 2.33. The van der Waals surface area contributed by atoms with Crippen molar-refractivity contribution < 1.29 is 9.53 Å². The lowest BCUT2D eigenvalue weighted by molar-refractivity contribution is 0.102. The van der Waals surface area contributed by atoms with Crippen molar-refractivity contribution in [3.8, 4) is 5.75 Å². The van der Waals surface area contributed by atoms with Crippen LogP contribution < -0.4 is 15.4 Å². The van der Waals surface area contributed by atoms with E-state index in [0.717, 1.165) is 5.69 Å². The van der Waals surface area contributed by atoms with Gasteiger partial charge in [0.1, 0.15) is 11.4 Å². The highest BCUT2D eigenvalue weighted by molar-refractivity contribution is 6.03. The van der Waals surface area contributed by atoms with Crippen molar-refractivity contribution in [1.82, 2.24) is 9.97 Å². The zero-order chi connectivity index (χ0) is 17.6. The SMILES string of the molecule is COc1ccccc1Nc1nc(C)cc(C(=O)Nc2ccccc2)n1. The van der Waals surface area contributed by atoms with E-state index >= 15 is 0 Å². The largest absolute Gasteiger partial charge is 0.495 e. The number of anilines is 3. The summed E-state index contributed by atoms with van der Waals surface area (Å²) in [7, 11) is 1.59. The molecule has 1 aromatic heterocycles. The van der Waals surface area contributed by atoms with Gasteiger partial charge in [0, 0.05) is 11.4 Å². The quantitative estimate of drug-likeness (QED) is 0.742. The Kier molecular flexibility index (Phi) is 4.89. The molecule has 0 atom stereocenters. The van der Waals surface area contributed by atoms with E-state index in [1.54, 1.807) is 13.2 Å². The molecule has 6 nitrogen and oxygen atoms in total. The topological polar surface area (TPSA) is 76.1 Å². The van der Waals surface area contributed by atoms with Gasteiger partial charge in [0.05, 0.1) is 12.8 Å². The number of hydrogen-bond donors (Lipinski definition) is 2. The number of hydrogen-bond acceptors (Lipinski definition) is 5. The number of aromatic nitrogens is 2. The molecule has 0 spiro atoms. The van der Waals surface area contributed by atoms with Gasteiger partial charge >= 0.3 is 0 Å². The highest BCUT2D eigenvalue weighted by Gasteiger charge is 2.12. The minimum absolute atomic E-state index is 0.286. The number of benzene rings is 2. The van der Waals surface area contributed by atoms with Crippen LogP contribution in [0.5, 0.6) is 5.75 Å². The number of aryl methyl sites for hydroxylation is 1. The second-order valence-electron chi connectivity index (χ2n) is 5.36. The second kappa shape index (κ2) is 7.44. The fraction of sp³-hybridized carbons (Fsp3) is 0.105. The fourth-order valence-corrected chi connectivity index (χ4v) is 2.33. The van der Waals surface area contributed by atoms with Crippen LogP contribution in [0.2, 0.25) is 0 Å². The van der Waals surface area contributed by atoms with Crippen LogP contribution in [-0.2, 0) is 0 Å². The number of rotatable bonds is 5. The summed E-state index contributed by atoms with van der Waals surface area (Å²) in [5.41, 5.74) is 2.41. The first-order valence-electron chi connectivity index (χ1n) is 7.78. The number of nitrogens with one attached hydrogen (secondary N) is 2. The Morgan fingerprint density at radius 3 is 2.48 bits per heavy atom. The molecular weight excluding hydrogens is 316 g/mol. The molecule has 0 aliphatic heterocycles. The molecule has 1 heterocycles. The average molecular weight is 334 g/mol. The van der Waals surface area contributed by atoms with E-state index in [1.807, 2.05) is 61.5 Å². The molecule has 2 aromatic carbocycles. The summed E-state index contributed by atoms with van der Waals surface area (Å²) in [6.07, 6.45) is 0. The minimum Gasteiger partial charge on any atom is -0.495 e. The van der Waals surface area contributed by atoms with Crippen LogP contribution in [0.25, 0.3) is 0 Å². The molecule has 0 bridgehead atoms. The van der Waals surface area contributed by atoms with E-state index in [4.69, 9.17) is 4.74 Å². The normalized spacial score (nSPS) is 10.2.